The van der Waals surface area contributed by atoms with E-state index in [4.69, 9.17) is 28.3 Å². The quantitative estimate of drug-likeness (QED) is 0.857. The van der Waals surface area contributed by atoms with Crippen molar-refractivity contribution in [1.82, 2.24) is 0 Å². The Morgan fingerprint density at radius 2 is 1.94 bits per heavy atom. The SMILES string of the molecule is O=C(O)/C=C/c1c(Cl)ccc(Cl)c1OC(F)F. The molecule has 92 valence electrons. The highest BCUT2D eigenvalue weighted by Gasteiger charge is 2.15. The second-order valence-electron chi connectivity index (χ2n) is 2.82. The second kappa shape index (κ2) is 5.84. The number of ether oxygens (including phenoxy) is 1. The third kappa shape index (κ3) is 3.87. The maximum absolute atomic E-state index is 12.1. The van der Waals surface area contributed by atoms with Gasteiger partial charge in [0.25, 0.3) is 0 Å². The fourth-order valence-corrected chi connectivity index (χ4v) is 1.49. The fraction of sp³-hybridized carbons (Fsp3) is 0.100. The Kier molecular flexibility index (Phi) is 4.72. The molecule has 0 spiro atoms. The molecule has 0 saturated carbocycles. The molecule has 0 amide bonds. The molecule has 0 fully saturated rings. The Labute approximate surface area is 105 Å². The van der Waals surface area contributed by atoms with E-state index in [2.05, 4.69) is 4.74 Å². The minimum Gasteiger partial charge on any atom is -0.478 e. The van der Waals surface area contributed by atoms with Gasteiger partial charge in [-0.25, -0.2) is 4.79 Å². The lowest BCUT2D eigenvalue weighted by Gasteiger charge is -2.11. The van der Waals surface area contributed by atoms with Gasteiger partial charge in [-0.05, 0) is 18.2 Å². The van der Waals surface area contributed by atoms with Crippen LogP contribution in [0.5, 0.6) is 5.75 Å². The maximum Gasteiger partial charge on any atom is 0.387 e. The van der Waals surface area contributed by atoms with E-state index in [1.54, 1.807) is 0 Å². The molecule has 1 N–H and O–H groups in total. The van der Waals surface area contributed by atoms with E-state index in [9.17, 15) is 13.6 Å². The van der Waals surface area contributed by atoms with Crippen molar-refractivity contribution in [3.63, 3.8) is 0 Å². The van der Waals surface area contributed by atoms with Crippen LogP contribution in [0.1, 0.15) is 5.56 Å². The molecule has 0 heterocycles. The molecule has 0 atom stereocenters. The summed E-state index contributed by atoms with van der Waals surface area (Å²) in [6.07, 6.45) is 1.78. The Morgan fingerprint density at radius 3 is 2.47 bits per heavy atom. The summed E-state index contributed by atoms with van der Waals surface area (Å²) in [5.41, 5.74) is -0.0122. The zero-order valence-electron chi connectivity index (χ0n) is 8.16. The molecule has 0 aromatic heterocycles. The normalized spacial score (nSPS) is 11.1. The molecule has 0 aliphatic heterocycles. The molecule has 0 bridgehead atoms. The van der Waals surface area contributed by atoms with Crippen LogP contribution in [0, 0.1) is 0 Å². The number of benzene rings is 1. The summed E-state index contributed by atoms with van der Waals surface area (Å²) in [7, 11) is 0. The van der Waals surface area contributed by atoms with Crippen LogP contribution >= 0.6 is 23.2 Å². The number of halogens is 4. The summed E-state index contributed by atoms with van der Waals surface area (Å²) in [6, 6.07) is 2.63. The minimum absolute atomic E-state index is 0.0122. The van der Waals surface area contributed by atoms with Gasteiger partial charge in [0.15, 0.2) is 5.75 Å². The summed E-state index contributed by atoms with van der Waals surface area (Å²) in [5, 5.41) is 8.43. The van der Waals surface area contributed by atoms with Crippen molar-refractivity contribution in [2.24, 2.45) is 0 Å². The predicted octanol–water partition coefficient (Wildman–Crippen LogP) is 3.69. The lowest BCUT2D eigenvalue weighted by Crippen LogP contribution is -2.04. The first-order valence-electron chi connectivity index (χ1n) is 4.25. The van der Waals surface area contributed by atoms with E-state index in [1.807, 2.05) is 0 Å². The van der Waals surface area contributed by atoms with Crippen molar-refractivity contribution in [2.45, 2.75) is 6.61 Å². The molecule has 0 unspecified atom stereocenters. The summed E-state index contributed by atoms with van der Waals surface area (Å²) >= 11 is 11.4. The Bertz CT molecular complexity index is 461. The van der Waals surface area contributed by atoms with Crippen molar-refractivity contribution in [3.8, 4) is 5.75 Å². The summed E-state index contributed by atoms with van der Waals surface area (Å²) in [6.45, 7) is -3.08. The van der Waals surface area contributed by atoms with E-state index in [-0.39, 0.29) is 21.4 Å². The predicted molar refractivity (Wildman–Crippen MR) is 59.8 cm³/mol. The molecule has 0 aliphatic rings. The van der Waals surface area contributed by atoms with Crippen LogP contribution < -0.4 is 4.74 Å². The smallest absolute Gasteiger partial charge is 0.387 e. The van der Waals surface area contributed by atoms with Crippen molar-refractivity contribution in [2.75, 3.05) is 0 Å². The summed E-state index contributed by atoms with van der Waals surface area (Å²) < 4.78 is 28.5. The zero-order chi connectivity index (χ0) is 13.0. The van der Waals surface area contributed by atoms with Gasteiger partial charge in [-0.15, -0.1) is 0 Å². The maximum atomic E-state index is 12.1. The van der Waals surface area contributed by atoms with Crippen LogP contribution in [0.2, 0.25) is 10.0 Å². The molecule has 7 heteroatoms. The van der Waals surface area contributed by atoms with Gasteiger partial charge in [0.05, 0.1) is 10.0 Å². The minimum atomic E-state index is -3.08. The largest absolute Gasteiger partial charge is 0.478 e. The van der Waals surface area contributed by atoms with Crippen LogP contribution in [0.15, 0.2) is 18.2 Å². The first-order chi connectivity index (χ1) is 7.91. The van der Waals surface area contributed by atoms with Crippen molar-refractivity contribution >= 4 is 35.2 Å². The van der Waals surface area contributed by atoms with Gasteiger partial charge < -0.3 is 9.84 Å². The number of carboxylic acids is 1. The van der Waals surface area contributed by atoms with Crippen LogP contribution in [0.4, 0.5) is 8.78 Å². The summed E-state index contributed by atoms with van der Waals surface area (Å²) in [4.78, 5) is 10.4. The molecular weight excluding hydrogens is 277 g/mol. The molecule has 0 saturated heterocycles. The second-order valence-corrected chi connectivity index (χ2v) is 3.64. The van der Waals surface area contributed by atoms with Gasteiger partial charge in [0.1, 0.15) is 0 Å². The molecular formula is C10H6Cl2F2O3. The number of hydrogen-bond acceptors (Lipinski definition) is 2. The van der Waals surface area contributed by atoms with Crippen LogP contribution in [0.3, 0.4) is 0 Å². The number of alkyl halides is 2. The molecule has 0 radical (unpaired) electrons. The zero-order valence-corrected chi connectivity index (χ0v) is 9.67. The van der Waals surface area contributed by atoms with Crippen molar-refractivity contribution in [1.29, 1.82) is 0 Å². The third-order valence-corrected chi connectivity index (χ3v) is 2.32. The van der Waals surface area contributed by atoms with Gasteiger partial charge in [-0.2, -0.15) is 8.78 Å². The van der Waals surface area contributed by atoms with Gasteiger partial charge in [-0.1, -0.05) is 23.2 Å². The van der Waals surface area contributed by atoms with E-state index in [0.29, 0.717) is 0 Å². The number of carbonyl (C=O) groups is 1. The molecule has 1 aromatic carbocycles. The third-order valence-electron chi connectivity index (χ3n) is 1.69. The van der Waals surface area contributed by atoms with Crippen molar-refractivity contribution < 1.29 is 23.4 Å². The highest BCUT2D eigenvalue weighted by Crippen LogP contribution is 2.35. The lowest BCUT2D eigenvalue weighted by molar-refractivity contribution is -0.131. The monoisotopic (exact) mass is 282 g/mol. The van der Waals surface area contributed by atoms with Crippen molar-refractivity contribution in [3.05, 3.63) is 33.8 Å². The van der Waals surface area contributed by atoms with Gasteiger partial charge in [-0.3, -0.25) is 0 Å². The highest BCUT2D eigenvalue weighted by molar-refractivity contribution is 6.35. The topological polar surface area (TPSA) is 46.5 Å². The average molecular weight is 283 g/mol. The summed E-state index contributed by atoms with van der Waals surface area (Å²) in [5.74, 6) is -1.60. The highest BCUT2D eigenvalue weighted by atomic mass is 35.5. The van der Waals surface area contributed by atoms with Crippen LogP contribution in [-0.4, -0.2) is 17.7 Å². The average Bonchev–Trinajstić information content (AvgIpc) is 2.22. The Hall–Kier alpha value is -1.33. The van der Waals surface area contributed by atoms with E-state index in [0.717, 1.165) is 12.2 Å². The standard InChI is InChI=1S/C10H6Cl2F2O3/c11-6-2-3-7(12)9(17-10(13)14)5(6)1-4-8(15)16/h1-4,10H,(H,15,16)/b4-1+. The Balaban J connectivity index is 3.24. The number of aliphatic carboxylic acids is 1. The molecule has 1 rings (SSSR count). The van der Waals surface area contributed by atoms with E-state index in [1.165, 1.54) is 12.1 Å². The van der Waals surface area contributed by atoms with Gasteiger partial charge in [0.2, 0.25) is 0 Å². The molecule has 17 heavy (non-hydrogen) atoms. The van der Waals surface area contributed by atoms with Crippen LogP contribution in [-0.2, 0) is 4.79 Å². The first-order valence-corrected chi connectivity index (χ1v) is 5.01. The van der Waals surface area contributed by atoms with E-state index < -0.39 is 12.6 Å². The number of hydrogen-bond donors (Lipinski definition) is 1. The number of rotatable bonds is 4. The molecule has 0 aliphatic carbocycles. The van der Waals surface area contributed by atoms with E-state index >= 15 is 0 Å². The lowest BCUT2D eigenvalue weighted by atomic mass is 10.2. The number of carboxylic acid groups (broad SMARTS) is 1. The van der Waals surface area contributed by atoms with Crippen LogP contribution in [0.25, 0.3) is 6.08 Å². The van der Waals surface area contributed by atoms with Gasteiger partial charge in [0, 0.05) is 11.6 Å². The first kappa shape index (κ1) is 13.7. The fourth-order valence-electron chi connectivity index (χ4n) is 1.07. The molecule has 1 aromatic rings. The Morgan fingerprint density at radius 1 is 1.35 bits per heavy atom. The molecule has 3 nitrogen and oxygen atoms in total. The van der Waals surface area contributed by atoms with Gasteiger partial charge >= 0.3 is 12.6 Å².